The molecule has 0 aromatic heterocycles. The largest absolute Gasteiger partial charge is 0.389 e. The van der Waals surface area contributed by atoms with E-state index in [-0.39, 0.29) is 11.4 Å². The van der Waals surface area contributed by atoms with Crippen LogP contribution >= 0.6 is 0 Å². The van der Waals surface area contributed by atoms with Gasteiger partial charge in [0.15, 0.2) is 11.6 Å². The second kappa shape index (κ2) is 5.94. The molecule has 0 bridgehead atoms. The second-order valence-corrected chi connectivity index (χ2v) is 6.10. The highest BCUT2D eigenvalue weighted by Crippen LogP contribution is 2.17. The van der Waals surface area contributed by atoms with Gasteiger partial charge in [-0.3, -0.25) is 0 Å². The lowest BCUT2D eigenvalue weighted by Crippen LogP contribution is -2.42. The van der Waals surface area contributed by atoms with Crippen LogP contribution in [0.4, 0.5) is 8.78 Å². The molecule has 7 heteroatoms. The molecule has 2 N–H and O–H groups in total. The summed E-state index contributed by atoms with van der Waals surface area (Å²) in [6.07, 6.45) is 0.758. The van der Waals surface area contributed by atoms with Crippen molar-refractivity contribution in [3.05, 3.63) is 29.8 Å². The Kier molecular flexibility index (Phi) is 5.00. The van der Waals surface area contributed by atoms with E-state index in [9.17, 15) is 22.3 Å². The van der Waals surface area contributed by atoms with E-state index < -0.39 is 27.3 Å². The summed E-state index contributed by atoms with van der Waals surface area (Å²) in [4.78, 5) is -0.374. The van der Waals surface area contributed by atoms with Gasteiger partial charge in [0.2, 0.25) is 10.0 Å². The first kappa shape index (κ1) is 16.0. The first-order chi connectivity index (χ1) is 8.74. The van der Waals surface area contributed by atoms with Gasteiger partial charge < -0.3 is 5.11 Å². The Labute approximate surface area is 111 Å². The van der Waals surface area contributed by atoms with Crippen molar-refractivity contribution < 1.29 is 22.3 Å². The van der Waals surface area contributed by atoms with E-state index in [1.807, 2.05) is 0 Å². The number of aliphatic hydroxyl groups is 1. The fraction of sp³-hybridized carbons (Fsp3) is 0.500. The predicted molar refractivity (Wildman–Crippen MR) is 67.1 cm³/mol. The zero-order chi connectivity index (χ0) is 14.7. The molecule has 0 fully saturated rings. The summed E-state index contributed by atoms with van der Waals surface area (Å²) in [6.45, 7) is 3.28. The van der Waals surface area contributed by atoms with Gasteiger partial charge in [-0.2, -0.15) is 0 Å². The molecule has 0 aliphatic heterocycles. The maximum atomic E-state index is 13.0. The summed E-state index contributed by atoms with van der Waals surface area (Å²) >= 11 is 0. The van der Waals surface area contributed by atoms with Crippen molar-refractivity contribution in [2.45, 2.75) is 37.2 Å². The molecule has 0 aliphatic carbocycles. The van der Waals surface area contributed by atoms with Crippen LogP contribution in [0, 0.1) is 11.6 Å². The first-order valence-electron chi connectivity index (χ1n) is 5.91. The van der Waals surface area contributed by atoms with Crippen molar-refractivity contribution in [1.29, 1.82) is 0 Å². The number of halogens is 2. The molecule has 0 heterocycles. The molecule has 0 saturated carbocycles. The van der Waals surface area contributed by atoms with Gasteiger partial charge in [0.25, 0.3) is 0 Å². The number of sulfonamides is 1. The van der Waals surface area contributed by atoms with Crippen molar-refractivity contribution in [3.63, 3.8) is 0 Å². The van der Waals surface area contributed by atoms with Crippen LogP contribution in [-0.2, 0) is 10.0 Å². The monoisotopic (exact) mass is 293 g/mol. The van der Waals surface area contributed by atoms with Gasteiger partial charge in [-0.05, 0) is 31.0 Å². The van der Waals surface area contributed by atoms with Crippen LogP contribution < -0.4 is 4.72 Å². The van der Waals surface area contributed by atoms with E-state index in [4.69, 9.17) is 0 Å². The van der Waals surface area contributed by atoms with E-state index in [0.717, 1.165) is 12.1 Å². The maximum absolute atomic E-state index is 13.0. The minimum Gasteiger partial charge on any atom is -0.389 e. The Bertz CT molecular complexity index is 542. The van der Waals surface area contributed by atoms with Gasteiger partial charge in [-0.25, -0.2) is 21.9 Å². The number of benzene rings is 1. The van der Waals surface area contributed by atoms with Crippen LogP contribution in [0.5, 0.6) is 0 Å². The number of nitrogens with one attached hydrogen (secondary N) is 1. The first-order valence-corrected chi connectivity index (χ1v) is 7.39. The quantitative estimate of drug-likeness (QED) is 0.840. The summed E-state index contributed by atoms with van der Waals surface area (Å²) in [5.41, 5.74) is -1.15. The molecule has 108 valence electrons. The van der Waals surface area contributed by atoms with Crippen LogP contribution in [0.3, 0.4) is 0 Å². The van der Waals surface area contributed by atoms with E-state index >= 15 is 0 Å². The molecule has 1 aromatic rings. The SMILES string of the molecule is CCC(O)(CC)CNS(=O)(=O)c1ccc(F)c(F)c1. The van der Waals surface area contributed by atoms with Gasteiger partial charge in [0.1, 0.15) is 0 Å². The Morgan fingerprint density at radius 1 is 1.21 bits per heavy atom. The lowest BCUT2D eigenvalue weighted by molar-refractivity contribution is 0.0377. The molecule has 0 atom stereocenters. The van der Waals surface area contributed by atoms with E-state index in [1.54, 1.807) is 13.8 Å². The molecule has 1 aromatic carbocycles. The third-order valence-electron chi connectivity index (χ3n) is 3.11. The summed E-state index contributed by atoms with van der Waals surface area (Å²) in [6, 6.07) is 2.32. The molecule has 0 spiro atoms. The van der Waals surface area contributed by atoms with E-state index in [2.05, 4.69) is 4.72 Å². The third kappa shape index (κ3) is 3.95. The van der Waals surface area contributed by atoms with Gasteiger partial charge in [-0.1, -0.05) is 13.8 Å². The molecule has 4 nitrogen and oxygen atoms in total. The minimum atomic E-state index is -3.97. The highest BCUT2D eigenvalue weighted by Gasteiger charge is 2.25. The third-order valence-corrected chi connectivity index (χ3v) is 4.51. The van der Waals surface area contributed by atoms with Crippen molar-refractivity contribution >= 4 is 10.0 Å². The summed E-state index contributed by atoms with van der Waals surface area (Å²) < 4.78 is 51.7. The van der Waals surface area contributed by atoms with Crippen LogP contribution in [-0.4, -0.2) is 25.7 Å². The second-order valence-electron chi connectivity index (χ2n) is 4.33. The number of hydrogen-bond acceptors (Lipinski definition) is 3. The van der Waals surface area contributed by atoms with Crippen LogP contribution in [0.25, 0.3) is 0 Å². The Morgan fingerprint density at radius 3 is 2.26 bits per heavy atom. The van der Waals surface area contributed by atoms with Gasteiger partial charge in [-0.15, -0.1) is 0 Å². The average Bonchev–Trinajstić information content (AvgIpc) is 2.39. The summed E-state index contributed by atoms with van der Waals surface area (Å²) in [7, 11) is -3.97. The summed E-state index contributed by atoms with van der Waals surface area (Å²) in [5, 5.41) is 9.98. The number of hydrogen-bond donors (Lipinski definition) is 2. The normalized spacial score (nSPS) is 12.7. The Morgan fingerprint density at radius 2 is 1.79 bits per heavy atom. The molecule has 1 rings (SSSR count). The molecule has 0 amide bonds. The lowest BCUT2D eigenvalue weighted by Gasteiger charge is -2.25. The minimum absolute atomic E-state index is 0.179. The van der Waals surface area contributed by atoms with E-state index in [1.165, 1.54) is 0 Å². The van der Waals surface area contributed by atoms with Crippen molar-refractivity contribution in [2.24, 2.45) is 0 Å². The zero-order valence-electron chi connectivity index (χ0n) is 10.8. The number of rotatable bonds is 6. The smallest absolute Gasteiger partial charge is 0.240 e. The fourth-order valence-corrected chi connectivity index (χ4v) is 2.59. The van der Waals surface area contributed by atoms with E-state index in [0.29, 0.717) is 18.9 Å². The molecule has 0 unspecified atom stereocenters. The maximum Gasteiger partial charge on any atom is 0.240 e. The summed E-state index contributed by atoms with van der Waals surface area (Å²) in [5.74, 6) is -2.35. The Hall–Kier alpha value is -1.05. The van der Waals surface area contributed by atoms with Crippen molar-refractivity contribution in [2.75, 3.05) is 6.54 Å². The zero-order valence-corrected chi connectivity index (χ0v) is 11.6. The predicted octanol–water partition coefficient (Wildman–Crippen LogP) is 1.79. The molecular formula is C12H17F2NO3S. The topological polar surface area (TPSA) is 66.4 Å². The fourth-order valence-electron chi connectivity index (χ4n) is 1.46. The highest BCUT2D eigenvalue weighted by molar-refractivity contribution is 7.89. The average molecular weight is 293 g/mol. The van der Waals surface area contributed by atoms with Crippen molar-refractivity contribution in [1.82, 2.24) is 4.72 Å². The molecular weight excluding hydrogens is 276 g/mol. The van der Waals surface area contributed by atoms with Crippen LogP contribution in [0.1, 0.15) is 26.7 Å². The molecule has 0 aliphatic rings. The molecule has 19 heavy (non-hydrogen) atoms. The van der Waals surface area contributed by atoms with Crippen LogP contribution in [0.2, 0.25) is 0 Å². The lowest BCUT2D eigenvalue weighted by atomic mass is 9.98. The van der Waals surface area contributed by atoms with Crippen LogP contribution in [0.15, 0.2) is 23.1 Å². The molecule has 0 saturated heterocycles. The van der Waals surface area contributed by atoms with Gasteiger partial charge >= 0.3 is 0 Å². The Balaban J connectivity index is 2.90. The van der Waals surface area contributed by atoms with Gasteiger partial charge in [0.05, 0.1) is 10.5 Å². The highest BCUT2D eigenvalue weighted by atomic mass is 32.2. The molecule has 0 radical (unpaired) electrons. The van der Waals surface area contributed by atoms with Crippen molar-refractivity contribution in [3.8, 4) is 0 Å². The van der Waals surface area contributed by atoms with Gasteiger partial charge in [0, 0.05) is 6.54 Å². The standard InChI is InChI=1S/C12H17F2NO3S/c1-3-12(16,4-2)8-15-19(17,18)9-5-6-10(13)11(14)7-9/h5-7,15-16H,3-4,8H2,1-2H3.